The second-order valence-electron chi connectivity index (χ2n) is 4.81. The number of hydrogen-bond donors (Lipinski definition) is 1. The highest BCUT2D eigenvalue weighted by Crippen LogP contribution is 2.17. The minimum absolute atomic E-state index is 0.0866. The van der Waals surface area contributed by atoms with Crippen LogP contribution < -0.4 is 10.1 Å². The van der Waals surface area contributed by atoms with E-state index in [9.17, 15) is 9.59 Å². The van der Waals surface area contributed by atoms with Gasteiger partial charge in [-0.2, -0.15) is 0 Å². The zero-order valence-corrected chi connectivity index (χ0v) is 13.6. The van der Waals surface area contributed by atoms with E-state index in [4.69, 9.17) is 4.74 Å². The van der Waals surface area contributed by atoms with Gasteiger partial charge in [-0.3, -0.25) is 9.59 Å². The van der Waals surface area contributed by atoms with E-state index in [1.54, 1.807) is 36.0 Å². The van der Waals surface area contributed by atoms with Gasteiger partial charge >= 0.3 is 0 Å². The zero-order chi connectivity index (χ0) is 16.3. The average Bonchev–Trinajstić information content (AvgIpc) is 2.60. The third-order valence-corrected chi connectivity index (χ3v) is 4.16. The predicted molar refractivity (Wildman–Crippen MR) is 92.1 cm³/mol. The van der Waals surface area contributed by atoms with Crippen molar-refractivity contribution in [3.05, 3.63) is 60.2 Å². The molecule has 0 aliphatic rings. The molecular formula is C18H19NO3S. The zero-order valence-electron chi connectivity index (χ0n) is 12.7. The van der Waals surface area contributed by atoms with Gasteiger partial charge in [0.05, 0.1) is 5.56 Å². The molecule has 0 unspecified atom stereocenters. The summed E-state index contributed by atoms with van der Waals surface area (Å²) in [7, 11) is 0. The number of nitrogens with one attached hydrogen (secondary N) is 1. The molecule has 2 rings (SSSR count). The van der Waals surface area contributed by atoms with Gasteiger partial charge in [-0.25, -0.2) is 0 Å². The van der Waals surface area contributed by atoms with E-state index in [-0.39, 0.29) is 12.5 Å². The van der Waals surface area contributed by atoms with Gasteiger partial charge in [0.15, 0.2) is 12.9 Å². The van der Waals surface area contributed by atoms with Crippen LogP contribution in [0.4, 0.5) is 0 Å². The Hall–Kier alpha value is -2.27. The third-order valence-electron chi connectivity index (χ3n) is 3.06. The number of hydrogen-bond acceptors (Lipinski definition) is 4. The average molecular weight is 329 g/mol. The molecule has 0 atom stereocenters. The van der Waals surface area contributed by atoms with E-state index in [2.05, 4.69) is 17.4 Å². The van der Waals surface area contributed by atoms with Crippen LogP contribution in [0.15, 0.2) is 59.5 Å². The molecule has 0 aromatic heterocycles. The maximum atomic E-state index is 11.7. The molecule has 4 nitrogen and oxygen atoms in total. The van der Waals surface area contributed by atoms with Crippen molar-refractivity contribution in [2.45, 2.75) is 11.3 Å². The fraction of sp³-hybridized carbons (Fsp3) is 0.222. The van der Waals surface area contributed by atoms with Crippen molar-refractivity contribution in [2.24, 2.45) is 0 Å². The summed E-state index contributed by atoms with van der Waals surface area (Å²) < 4.78 is 5.37. The Labute approximate surface area is 140 Å². The molecule has 0 bridgehead atoms. The normalized spacial score (nSPS) is 10.1. The first kappa shape index (κ1) is 17.1. The highest BCUT2D eigenvalue weighted by atomic mass is 32.2. The minimum atomic E-state index is -0.185. The summed E-state index contributed by atoms with van der Waals surface area (Å²) in [6, 6.07) is 17.0. The van der Waals surface area contributed by atoms with E-state index in [0.29, 0.717) is 24.1 Å². The lowest BCUT2D eigenvalue weighted by Gasteiger charge is -2.09. The summed E-state index contributed by atoms with van der Waals surface area (Å²) in [5.74, 6) is 1.19. The molecule has 5 heteroatoms. The van der Waals surface area contributed by atoms with E-state index >= 15 is 0 Å². The van der Waals surface area contributed by atoms with Crippen LogP contribution in [0, 0.1) is 0 Å². The standard InChI is InChI=1S/C18H19NO3S/c20-13-15-7-4-5-10-17(15)22-14-18(21)19-11-6-12-23-16-8-2-1-3-9-16/h1-5,7-10,13H,6,11-12,14H2,(H,19,21). The Morgan fingerprint density at radius 2 is 1.83 bits per heavy atom. The van der Waals surface area contributed by atoms with Gasteiger partial charge in [-0.05, 0) is 36.4 Å². The Balaban J connectivity index is 1.61. The highest BCUT2D eigenvalue weighted by Gasteiger charge is 2.05. The van der Waals surface area contributed by atoms with Gasteiger partial charge in [0.1, 0.15) is 5.75 Å². The van der Waals surface area contributed by atoms with Gasteiger partial charge in [-0.1, -0.05) is 30.3 Å². The Bertz CT molecular complexity index is 631. The molecule has 0 fully saturated rings. The number of aldehydes is 1. The lowest BCUT2D eigenvalue weighted by molar-refractivity contribution is -0.123. The second-order valence-corrected chi connectivity index (χ2v) is 5.98. The molecular weight excluding hydrogens is 310 g/mol. The number of ether oxygens (including phenoxy) is 1. The fourth-order valence-corrected chi connectivity index (χ4v) is 2.78. The van der Waals surface area contributed by atoms with Gasteiger partial charge in [-0.15, -0.1) is 11.8 Å². The first-order chi connectivity index (χ1) is 11.3. The van der Waals surface area contributed by atoms with Crippen molar-refractivity contribution in [1.82, 2.24) is 5.32 Å². The lowest BCUT2D eigenvalue weighted by Crippen LogP contribution is -2.30. The highest BCUT2D eigenvalue weighted by molar-refractivity contribution is 7.99. The molecule has 1 amide bonds. The fourth-order valence-electron chi connectivity index (χ4n) is 1.91. The molecule has 0 heterocycles. The molecule has 0 saturated carbocycles. The molecule has 1 N–H and O–H groups in total. The topological polar surface area (TPSA) is 55.4 Å². The van der Waals surface area contributed by atoms with Crippen molar-refractivity contribution < 1.29 is 14.3 Å². The van der Waals surface area contributed by atoms with Crippen molar-refractivity contribution in [3.8, 4) is 5.75 Å². The van der Waals surface area contributed by atoms with Crippen molar-refractivity contribution in [2.75, 3.05) is 18.9 Å². The Kier molecular flexibility index (Phi) is 7.20. The monoisotopic (exact) mass is 329 g/mol. The number of rotatable bonds is 9. The molecule has 0 radical (unpaired) electrons. The van der Waals surface area contributed by atoms with E-state index in [1.165, 1.54) is 4.90 Å². The van der Waals surface area contributed by atoms with Crippen LogP contribution in [0.5, 0.6) is 5.75 Å². The van der Waals surface area contributed by atoms with Crippen LogP contribution in [-0.4, -0.2) is 31.1 Å². The van der Waals surface area contributed by atoms with Crippen LogP contribution in [0.3, 0.4) is 0 Å². The molecule has 2 aromatic rings. The maximum absolute atomic E-state index is 11.7. The van der Waals surface area contributed by atoms with Crippen LogP contribution in [-0.2, 0) is 4.79 Å². The number of carbonyl (C=O) groups is 2. The molecule has 0 spiro atoms. The Morgan fingerprint density at radius 1 is 1.09 bits per heavy atom. The van der Waals surface area contributed by atoms with E-state index in [1.807, 2.05) is 18.2 Å². The van der Waals surface area contributed by atoms with Gasteiger partial charge in [0.2, 0.25) is 0 Å². The summed E-state index contributed by atoms with van der Waals surface area (Å²) in [6.07, 6.45) is 1.60. The third kappa shape index (κ3) is 6.16. The van der Waals surface area contributed by atoms with Gasteiger partial charge in [0.25, 0.3) is 5.91 Å². The molecule has 23 heavy (non-hydrogen) atoms. The number of benzene rings is 2. The molecule has 120 valence electrons. The van der Waals surface area contributed by atoms with Crippen LogP contribution in [0.2, 0.25) is 0 Å². The molecule has 0 aliphatic heterocycles. The maximum Gasteiger partial charge on any atom is 0.257 e. The number of amides is 1. The summed E-state index contributed by atoms with van der Waals surface area (Å²) >= 11 is 1.77. The summed E-state index contributed by atoms with van der Waals surface area (Å²) in [5, 5.41) is 2.81. The first-order valence-electron chi connectivity index (χ1n) is 7.41. The molecule has 0 aliphatic carbocycles. The van der Waals surface area contributed by atoms with Gasteiger partial charge < -0.3 is 10.1 Å². The van der Waals surface area contributed by atoms with Crippen molar-refractivity contribution in [3.63, 3.8) is 0 Å². The largest absolute Gasteiger partial charge is 0.483 e. The smallest absolute Gasteiger partial charge is 0.257 e. The lowest BCUT2D eigenvalue weighted by atomic mass is 10.2. The predicted octanol–water partition coefficient (Wildman–Crippen LogP) is 3.18. The summed E-state index contributed by atoms with van der Waals surface area (Å²) in [5.41, 5.74) is 0.444. The molecule has 2 aromatic carbocycles. The Morgan fingerprint density at radius 3 is 2.61 bits per heavy atom. The van der Waals surface area contributed by atoms with E-state index in [0.717, 1.165) is 12.2 Å². The van der Waals surface area contributed by atoms with Crippen molar-refractivity contribution >= 4 is 24.0 Å². The number of carbonyl (C=O) groups excluding carboxylic acids is 2. The SMILES string of the molecule is O=Cc1ccccc1OCC(=O)NCCCSc1ccccc1. The van der Waals surface area contributed by atoms with E-state index < -0.39 is 0 Å². The van der Waals surface area contributed by atoms with Crippen LogP contribution in [0.1, 0.15) is 16.8 Å². The quantitative estimate of drug-likeness (QED) is 0.436. The first-order valence-corrected chi connectivity index (χ1v) is 8.39. The summed E-state index contributed by atoms with van der Waals surface area (Å²) in [6.45, 7) is 0.522. The molecule has 0 saturated heterocycles. The number of para-hydroxylation sites is 1. The van der Waals surface area contributed by atoms with Crippen LogP contribution in [0.25, 0.3) is 0 Å². The second kappa shape index (κ2) is 9.69. The van der Waals surface area contributed by atoms with Gasteiger partial charge in [0, 0.05) is 11.4 Å². The summed E-state index contributed by atoms with van der Waals surface area (Å²) in [4.78, 5) is 23.8. The number of thioether (sulfide) groups is 1. The minimum Gasteiger partial charge on any atom is -0.483 e. The van der Waals surface area contributed by atoms with Crippen molar-refractivity contribution in [1.29, 1.82) is 0 Å². The van der Waals surface area contributed by atoms with Crippen LogP contribution >= 0.6 is 11.8 Å².